The Morgan fingerprint density at radius 2 is 1.97 bits per heavy atom. The summed E-state index contributed by atoms with van der Waals surface area (Å²) in [4.78, 5) is 17.8. The zero-order chi connectivity index (χ0) is 21.1. The lowest BCUT2D eigenvalue weighted by Crippen LogP contribution is -2.12. The molecule has 0 aliphatic heterocycles. The van der Waals surface area contributed by atoms with E-state index in [4.69, 9.17) is 5.14 Å². The van der Waals surface area contributed by atoms with Crippen LogP contribution in [0.3, 0.4) is 0 Å². The number of carbonyl (C=O) groups excluding carboxylic acids is 1. The number of tetrazole rings is 1. The summed E-state index contributed by atoms with van der Waals surface area (Å²) in [6.07, 6.45) is 3.66. The van der Waals surface area contributed by atoms with Crippen molar-refractivity contribution in [2.45, 2.75) is 11.3 Å². The highest BCUT2D eigenvalue weighted by atomic mass is 32.2. The molecule has 0 spiro atoms. The fourth-order valence-corrected chi connectivity index (χ4v) is 4.04. The van der Waals surface area contributed by atoms with Crippen molar-refractivity contribution >= 4 is 32.4 Å². The van der Waals surface area contributed by atoms with E-state index < -0.39 is 10.0 Å². The molecule has 2 heterocycles. The SMILES string of the molecule is NS(=O)(=O)c1ccc(Cc2cnc(NC(=O)c3cccc(-n4cnnn4)c3)s2)cc1. The molecule has 4 rings (SSSR count). The minimum absolute atomic E-state index is 0.0624. The summed E-state index contributed by atoms with van der Waals surface area (Å²) in [5.74, 6) is -0.302. The van der Waals surface area contributed by atoms with Crippen LogP contribution in [0.1, 0.15) is 20.8 Å². The number of hydrogen-bond donors (Lipinski definition) is 2. The minimum atomic E-state index is -3.72. The second kappa shape index (κ2) is 8.10. The third-order valence-corrected chi connectivity index (χ3v) is 5.97. The van der Waals surface area contributed by atoms with Crippen LogP contribution in [0.4, 0.5) is 5.13 Å². The van der Waals surface area contributed by atoms with E-state index in [0.717, 1.165) is 10.4 Å². The first kappa shape index (κ1) is 19.8. The number of nitrogens with zero attached hydrogens (tertiary/aromatic N) is 5. The fourth-order valence-electron chi connectivity index (χ4n) is 2.68. The molecule has 10 nitrogen and oxygen atoms in total. The van der Waals surface area contributed by atoms with Crippen LogP contribution in [0.15, 0.2) is 66.0 Å². The van der Waals surface area contributed by atoms with Gasteiger partial charge < -0.3 is 0 Å². The number of hydrogen-bond acceptors (Lipinski definition) is 8. The maximum absolute atomic E-state index is 12.6. The van der Waals surface area contributed by atoms with Crippen LogP contribution >= 0.6 is 11.3 Å². The highest BCUT2D eigenvalue weighted by Gasteiger charge is 2.12. The molecule has 0 atom stereocenters. The van der Waals surface area contributed by atoms with Gasteiger partial charge in [0.05, 0.1) is 10.6 Å². The Morgan fingerprint density at radius 1 is 1.17 bits per heavy atom. The van der Waals surface area contributed by atoms with Crippen LogP contribution in [0.2, 0.25) is 0 Å². The predicted octanol–water partition coefficient (Wildman–Crippen LogP) is 1.61. The Morgan fingerprint density at radius 3 is 2.67 bits per heavy atom. The lowest BCUT2D eigenvalue weighted by molar-refractivity contribution is 0.102. The quantitative estimate of drug-likeness (QED) is 0.462. The van der Waals surface area contributed by atoms with Crippen molar-refractivity contribution in [2.75, 3.05) is 5.32 Å². The van der Waals surface area contributed by atoms with Gasteiger partial charge in [-0.3, -0.25) is 10.1 Å². The number of nitrogens with one attached hydrogen (secondary N) is 1. The van der Waals surface area contributed by atoms with Crippen LogP contribution < -0.4 is 10.5 Å². The fraction of sp³-hybridized carbons (Fsp3) is 0.0556. The highest BCUT2D eigenvalue weighted by Crippen LogP contribution is 2.22. The van der Waals surface area contributed by atoms with E-state index in [0.29, 0.717) is 22.8 Å². The van der Waals surface area contributed by atoms with E-state index in [1.54, 1.807) is 42.6 Å². The lowest BCUT2D eigenvalue weighted by atomic mass is 10.1. The second-order valence-corrected chi connectivity index (χ2v) is 8.93. The van der Waals surface area contributed by atoms with Gasteiger partial charge in [-0.15, -0.1) is 16.4 Å². The molecule has 0 unspecified atom stereocenters. The Labute approximate surface area is 175 Å². The van der Waals surface area contributed by atoms with Crippen LogP contribution in [-0.2, 0) is 16.4 Å². The van der Waals surface area contributed by atoms with Gasteiger partial charge in [0.2, 0.25) is 10.0 Å². The van der Waals surface area contributed by atoms with E-state index >= 15 is 0 Å². The molecular formula is C18H15N7O3S2. The number of benzene rings is 2. The van der Waals surface area contributed by atoms with E-state index in [1.165, 1.54) is 34.5 Å². The maximum atomic E-state index is 12.6. The number of anilines is 1. The largest absolute Gasteiger partial charge is 0.298 e. The van der Waals surface area contributed by atoms with Gasteiger partial charge in [0.25, 0.3) is 5.91 Å². The molecule has 2 aromatic heterocycles. The van der Waals surface area contributed by atoms with Crippen molar-refractivity contribution in [3.05, 3.63) is 77.1 Å². The van der Waals surface area contributed by atoms with Crippen molar-refractivity contribution in [3.63, 3.8) is 0 Å². The number of aromatic nitrogens is 5. The maximum Gasteiger partial charge on any atom is 0.257 e. The van der Waals surface area contributed by atoms with Crippen molar-refractivity contribution in [2.24, 2.45) is 5.14 Å². The number of rotatable bonds is 6. The molecule has 0 aliphatic carbocycles. The van der Waals surface area contributed by atoms with E-state index in [9.17, 15) is 13.2 Å². The molecule has 0 aliphatic rings. The topological polar surface area (TPSA) is 146 Å². The molecule has 0 bridgehead atoms. The van der Waals surface area contributed by atoms with Gasteiger partial charge in [-0.25, -0.2) is 23.2 Å². The normalized spacial score (nSPS) is 11.4. The summed E-state index contributed by atoms with van der Waals surface area (Å²) in [6.45, 7) is 0. The number of amides is 1. The monoisotopic (exact) mass is 441 g/mol. The summed E-state index contributed by atoms with van der Waals surface area (Å²) in [5, 5.41) is 19.3. The molecular weight excluding hydrogens is 426 g/mol. The molecule has 0 fully saturated rings. The number of sulfonamides is 1. The van der Waals surface area contributed by atoms with E-state index in [1.807, 2.05) is 0 Å². The molecule has 4 aromatic rings. The molecule has 152 valence electrons. The summed E-state index contributed by atoms with van der Waals surface area (Å²) in [6, 6.07) is 13.2. The first-order valence-corrected chi connectivity index (χ1v) is 11.0. The first-order valence-electron chi connectivity index (χ1n) is 8.60. The number of primary sulfonamides is 1. The van der Waals surface area contributed by atoms with E-state index in [2.05, 4.69) is 25.8 Å². The third kappa shape index (κ3) is 4.56. The average molecular weight is 441 g/mol. The molecule has 0 radical (unpaired) electrons. The van der Waals surface area contributed by atoms with Gasteiger partial charge in [0.1, 0.15) is 6.33 Å². The van der Waals surface area contributed by atoms with Gasteiger partial charge in [0.15, 0.2) is 5.13 Å². The Kier molecular flexibility index (Phi) is 5.35. The zero-order valence-electron chi connectivity index (χ0n) is 15.3. The van der Waals surface area contributed by atoms with Gasteiger partial charge in [0, 0.05) is 23.1 Å². The summed E-state index contributed by atoms with van der Waals surface area (Å²) < 4.78 is 24.1. The van der Waals surface area contributed by atoms with Crippen LogP contribution in [0.25, 0.3) is 5.69 Å². The lowest BCUT2D eigenvalue weighted by Gasteiger charge is -2.04. The Bertz CT molecular complexity index is 1280. The van der Waals surface area contributed by atoms with Gasteiger partial charge in [-0.2, -0.15) is 0 Å². The molecule has 3 N–H and O–H groups in total. The smallest absolute Gasteiger partial charge is 0.257 e. The predicted molar refractivity (Wildman–Crippen MR) is 110 cm³/mol. The van der Waals surface area contributed by atoms with Crippen LogP contribution in [-0.4, -0.2) is 39.5 Å². The van der Waals surface area contributed by atoms with Gasteiger partial charge in [-0.05, 0) is 46.3 Å². The molecule has 2 aromatic carbocycles. The van der Waals surface area contributed by atoms with Gasteiger partial charge >= 0.3 is 0 Å². The molecule has 1 amide bonds. The van der Waals surface area contributed by atoms with Crippen molar-refractivity contribution in [1.82, 2.24) is 25.2 Å². The molecule has 0 saturated heterocycles. The summed E-state index contributed by atoms with van der Waals surface area (Å²) >= 11 is 1.34. The summed E-state index contributed by atoms with van der Waals surface area (Å²) in [7, 11) is -3.72. The van der Waals surface area contributed by atoms with Crippen molar-refractivity contribution in [3.8, 4) is 5.69 Å². The third-order valence-electron chi connectivity index (χ3n) is 4.13. The number of nitrogens with two attached hydrogens (primary N) is 1. The Hall–Kier alpha value is -3.48. The highest BCUT2D eigenvalue weighted by molar-refractivity contribution is 7.89. The van der Waals surface area contributed by atoms with Gasteiger partial charge in [-0.1, -0.05) is 18.2 Å². The number of thiazole rings is 1. The van der Waals surface area contributed by atoms with Crippen LogP contribution in [0, 0.1) is 0 Å². The van der Waals surface area contributed by atoms with Crippen LogP contribution in [0.5, 0.6) is 0 Å². The molecule has 12 heteroatoms. The zero-order valence-corrected chi connectivity index (χ0v) is 17.0. The molecule has 0 saturated carbocycles. The standard InChI is InChI=1S/C18H15N7O3S2/c19-30(27,28)16-6-4-12(5-7-16)8-15-10-20-18(29-15)22-17(26)13-2-1-3-14(9-13)25-11-21-23-24-25/h1-7,9-11H,8H2,(H2,19,27,28)(H,20,22,26). The van der Waals surface area contributed by atoms with E-state index in [-0.39, 0.29) is 10.8 Å². The summed E-state index contributed by atoms with van der Waals surface area (Å²) in [5.41, 5.74) is 2.01. The molecule has 30 heavy (non-hydrogen) atoms. The minimum Gasteiger partial charge on any atom is -0.298 e. The van der Waals surface area contributed by atoms with Crippen molar-refractivity contribution < 1.29 is 13.2 Å². The Balaban J connectivity index is 1.43. The second-order valence-electron chi connectivity index (χ2n) is 6.26. The number of carbonyl (C=O) groups is 1. The average Bonchev–Trinajstić information content (AvgIpc) is 3.40. The van der Waals surface area contributed by atoms with Crippen molar-refractivity contribution in [1.29, 1.82) is 0 Å². The first-order chi connectivity index (χ1) is 14.4.